The summed E-state index contributed by atoms with van der Waals surface area (Å²) < 4.78 is 4.91. The third-order valence-electron chi connectivity index (χ3n) is 2.42. The van der Waals surface area contributed by atoms with Crippen LogP contribution in [0.2, 0.25) is 0 Å². The number of thiazole rings is 1. The van der Waals surface area contributed by atoms with Crippen molar-refractivity contribution in [1.29, 1.82) is 0 Å². The predicted octanol–water partition coefficient (Wildman–Crippen LogP) is 1.25. The fraction of sp³-hybridized carbons (Fsp3) is 0.667. The smallest absolute Gasteiger partial charge is 0.233 e. The van der Waals surface area contributed by atoms with Crippen LogP contribution in [-0.4, -0.2) is 37.7 Å². The van der Waals surface area contributed by atoms with Crippen LogP contribution < -0.4 is 10.6 Å². The number of aryl methyl sites for hydroxylation is 1. The Morgan fingerprint density at radius 3 is 3.00 bits per heavy atom. The zero-order valence-corrected chi connectivity index (χ0v) is 12.0. The first-order valence-corrected chi connectivity index (χ1v) is 6.92. The van der Waals surface area contributed by atoms with Crippen LogP contribution in [0.4, 0.5) is 0 Å². The van der Waals surface area contributed by atoms with E-state index in [9.17, 15) is 4.79 Å². The van der Waals surface area contributed by atoms with Crippen molar-refractivity contribution >= 4 is 17.2 Å². The van der Waals surface area contributed by atoms with Gasteiger partial charge in [0.1, 0.15) is 5.01 Å². The summed E-state index contributed by atoms with van der Waals surface area (Å²) in [5.74, 6) is 0.00577. The van der Waals surface area contributed by atoms with Gasteiger partial charge >= 0.3 is 0 Å². The number of rotatable bonds is 8. The molecule has 18 heavy (non-hydrogen) atoms. The Bertz CT molecular complexity index is 368. The number of aromatic nitrogens is 1. The van der Waals surface area contributed by atoms with Crippen molar-refractivity contribution in [2.24, 2.45) is 0 Å². The summed E-state index contributed by atoms with van der Waals surface area (Å²) in [5, 5.41) is 9.01. The Hall–Kier alpha value is -0.980. The highest BCUT2D eigenvalue weighted by molar-refractivity contribution is 7.09. The first kappa shape index (κ1) is 15.1. The molecule has 1 unspecified atom stereocenters. The Kier molecular flexibility index (Phi) is 6.85. The minimum Gasteiger partial charge on any atom is -0.385 e. The molecule has 6 heteroatoms. The molecule has 0 bridgehead atoms. The maximum atomic E-state index is 11.5. The second-order valence-electron chi connectivity index (χ2n) is 4.13. The number of hydrogen-bond donors (Lipinski definition) is 2. The van der Waals surface area contributed by atoms with Gasteiger partial charge in [0.2, 0.25) is 5.91 Å². The highest BCUT2D eigenvalue weighted by Gasteiger charge is 2.10. The normalized spacial score (nSPS) is 12.4. The summed E-state index contributed by atoms with van der Waals surface area (Å²) in [7, 11) is 1.65. The quantitative estimate of drug-likeness (QED) is 0.699. The summed E-state index contributed by atoms with van der Waals surface area (Å²) in [5.41, 5.74) is 1.02. The first-order chi connectivity index (χ1) is 8.63. The Balaban J connectivity index is 2.18. The molecule has 0 saturated carbocycles. The van der Waals surface area contributed by atoms with Gasteiger partial charge in [0.15, 0.2) is 0 Å². The van der Waals surface area contributed by atoms with Crippen LogP contribution in [0.25, 0.3) is 0 Å². The summed E-state index contributed by atoms with van der Waals surface area (Å²) in [6.07, 6.45) is 0.837. The van der Waals surface area contributed by atoms with Crippen molar-refractivity contribution in [2.75, 3.05) is 26.8 Å². The molecule has 5 nitrogen and oxygen atoms in total. The fourth-order valence-electron chi connectivity index (χ4n) is 1.41. The number of carbonyl (C=O) groups excluding carboxylic acids is 1. The van der Waals surface area contributed by atoms with Crippen LogP contribution >= 0.6 is 11.3 Å². The maximum Gasteiger partial charge on any atom is 0.233 e. The van der Waals surface area contributed by atoms with Crippen molar-refractivity contribution in [3.63, 3.8) is 0 Å². The first-order valence-electron chi connectivity index (χ1n) is 6.04. The van der Waals surface area contributed by atoms with Crippen LogP contribution in [0.1, 0.15) is 30.1 Å². The third-order valence-corrected chi connectivity index (χ3v) is 3.57. The lowest BCUT2D eigenvalue weighted by molar-refractivity contribution is -0.120. The van der Waals surface area contributed by atoms with Crippen LogP contribution in [0.5, 0.6) is 0 Å². The number of ether oxygens (including phenoxy) is 1. The lowest BCUT2D eigenvalue weighted by Crippen LogP contribution is -2.35. The summed E-state index contributed by atoms with van der Waals surface area (Å²) >= 11 is 1.61. The predicted molar refractivity (Wildman–Crippen MR) is 72.8 cm³/mol. The second kappa shape index (κ2) is 8.18. The molecular weight excluding hydrogens is 250 g/mol. The second-order valence-corrected chi connectivity index (χ2v) is 5.02. The van der Waals surface area contributed by atoms with Gasteiger partial charge in [0.25, 0.3) is 0 Å². The molecule has 0 fully saturated rings. The van der Waals surface area contributed by atoms with E-state index < -0.39 is 0 Å². The molecule has 0 aliphatic carbocycles. The van der Waals surface area contributed by atoms with E-state index in [2.05, 4.69) is 15.6 Å². The zero-order chi connectivity index (χ0) is 13.4. The van der Waals surface area contributed by atoms with E-state index in [1.165, 1.54) is 0 Å². The molecule has 0 spiro atoms. The molecule has 2 N–H and O–H groups in total. The highest BCUT2D eigenvalue weighted by atomic mass is 32.1. The van der Waals surface area contributed by atoms with E-state index in [4.69, 9.17) is 4.74 Å². The molecule has 0 radical (unpaired) electrons. The Morgan fingerprint density at radius 1 is 1.61 bits per heavy atom. The van der Waals surface area contributed by atoms with E-state index >= 15 is 0 Å². The van der Waals surface area contributed by atoms with E-state index in [1.807, 2.05) is 19.2 Å². The van der Waals surface area contributed by atoms with Crippen molar-refractivity contribution in [1.82, 2.24) is 15.6 Å². The number of methoxy groups -OCH3 is 1. The fourth-order valence-corrected chi connectivity index (χ4v) is 2.24. The van der Waals surface area contributed by atoms with Gasteiger partial charge < -0.3 is 10.1 Å². The van der Waals surface area contributed by atoms with Crippen LogP contribution in [0.15, 0.2) is 5.38 Å². The van der Waals surface area contributed by atoms with Crippen molar-refractivity contribution in [2.45, 2.75) is 26.3 Å². The number of nitrogens with zero attached hydrogens (tertiary/aromatic N) is 1. The molecular formula is C12H21N3O2S. The summed E-state index contributed by atoms with van der Waals surface area (Å²) in [6, 6.07) is 0.105. The van der Waals surface area contributed by atoms with Gasteiger partial charge in [-0.05, 0) is 20.3 Å². The summed E-state index contributed by atoms with van der Waals surface area (Å²) in [6.45, 7) is 5.61. The largest absolute Gasteiger partial charge is 0.385 e. The van der Waals surface area contributed by atoms with E-state index in [1.54, 1.807) is 18.4 Å². The van der Waals surface area contributed by atoms with Crippen molar-refractivity contribution in [3.05, 3.63) is 16.1 Å². The Labute approximate surface area is 112 Å². The van der Waals surface area contributed by atoms with Gasteiger partial charge in [-0.2, -0.15) is 0 Å². The van der Waals surface area contributed by atoms with E-state index in [0.29, 0.717) is 19.7 Å². The molecule has 0 aromatic carbocycles. The number of amides is 1. The van der Waals surface area contributed by atoms with Gasteiger partial charge in [-0.15, -0.1) is 11.3 Å². The van der Waals surface area contributed by atoms with Crippen molar-refractivity contribution in [3.8, 4) is 0 Å². The SMILES string of the molecule is COCCCNC(=O)CNC(C)c1nc(C)cs1. The van der Waals surface area contributed by atoms with Gasteiger partial charge in [0.05, 0.1) is 12.6 Å². The van der Waals surface area contributed by atoms with Gasteiger partial charge in [-0.1, -0.05) is 0 Å². The van der Waals surface area contributed by atoms with E-state index in [0.717, 1.165) is 17.1 Å². The molecule has 0 saturated heterocycles. The maximum absolute atomic E-state index is 11.5. The molecule has 1 heterocycles. The van der Waals surface area contributed by atoms with E-state index in [-0.39, 0.29) is 11.9 Å². The lowest BCUT2D eigenvalue weighted by atomic mass is 10.3. The standard InChI is InChI=1S/C12H21N3O2S/c1-9-8-18-12(15-9)10(2)14-7-11(16)13-5-4-6-17-3/h8,10,14H,4-7H2,1-3H3,(H,13,16). The average Bonchev–Trinajstić information content (AvgIpc) is 2.78. The van der Waals surface area contributed by atoms with Gasteiger partial charge in [0, 0.05) is 31.3 Å². The molecule has 0 aliphatic heterocycles. The topological polar surface area (TPSA) is 63.2 Å². The zero-order valence-electron chi connectivity index (χ0n) is 11.2. The number of nitrogens with one attached hydrogen (secondary N) is 2. The molecule has 1 aromatic heterocycles. The van der Waals surface area contributed by atoms with Gasteiger partial charge in [-0.3, -0.25) is 10.1 Å². The summed E-state index contributed by atoms with van der Waals surface area (Å²) in [4.78, 5) is 15.9. The minimum atomic E-state index is 0.00577. The molecule has 102 valence electrons. The monoisotopic (exact) mass is 271 g/mol. The molecule has 1 atom stereocenters. The average molecular weight is 271 g/mol. The molecule has 1 rings (SSSR count). The number of carbonyl (C=O) groups is 1. The minimum absolute atomic E-state index is 0.00577. The molecule has 0 aliphatic rings. The van der Waals surface area contributed by atoms with Gasteiger partial charge in [-0.25, -0.2) is 4.98 Å². The van der Waals surface area contributed by atoms with Crippen LogP contribution in [-0.2, 0) is 9.53 Å². The van der Waals surface area contributed by atoms with Crippen LogP contribution in [0, 0.1) is 6.92 Å². The third kappa shape index (κ3) is 5.57. The molecule has 1 aromatic rings. The molecule has 1 amide bonds. The lowest BCUT2D eigenvalue weighted by Gasteiger charge is -2.11. The van der Waals surface area contributed by atoms with Crippen LogP contribution in [0.3, 0.4) is 0 Å². The Morgan fingerprint density at radius 2 is 2.39 bits per heavy atom. The number of hydrogen-bond acceptors (Lipinski definition) is 5. The van der Waals surface area contributed by atoms with Crippen molar-refractivity contribution < 1.29 is 9.53 Å². The highest BCUT2D eigenvalue weighted by Crippen LogP contribution is 2.16.